The van der Waals surface area contributed by atoms with Gasteiger partial charge in [-0.1, -0.05) is 0 Å². The van der Waals surface area contributed by atoms with E-state index in [4.69, 9.17) is 25.5 Å². The molecule has 2 saturated heterocycles. The number of nitrogens with two attached hydrogens (primary N) is 1. The zero-order valence-corrected chi connectivity index (χ0v) is 17.6. The second kappa shape index (κ2) is 8.63. The molecule has 2 aliphatic rings. The molecule has 168 valence electrons. The minimum absolute atomic E-state index is 0.144. The molecule has 0 spiro atoms. The van der Waals surface area contributed by atoms with Gasteiger partial charge in [-0.15, -0.1) is 0 Å². The molecule has 0 radical (unpaired) electrons. The predicted octanol–water partition coefficient (Wildman–Crippen LogP) is -0.142. The van der Waals surface area contributed by atoms with Crippen molar-refractivity contribution < 1.29 is 14.6 Å². The summed E-state index contributed by atoms with van der Waals surface area (Å²) in [7, 11) is 0. The number of likely N-dealkylation sites (tertiary alicyclic amines) is 1. The van der Waals surface area contributed by atoms with Gasteiger partial charge in [0.05, 0.1) is 19.5 Å². The van der Waals surface area contributed by atoms with Crippen LogP contribution in [0.25, 0.3) is 22.4 Å². The van der Waals surface area contributed by atoms with Crippen LogP contribution in [-0.2, 0) is 9.53 Å². The first kappa shape index (κ1) is 20.5. The van der Waals surface area contributed by atoms with E-state index in [0.717, 1.165) is 24.1 Å². The molecule has 0 bridgehead atoms. The monoisotopic (exact) mass is 439 g/mol. The molecule has 0 aromatic carbocycles. The number of hydrogen-bond donors (Lipinski definition) is 2. The molecule has 0 atom stereocenters. The average Bonchev–Trinajstić information content (AvgIpc) is 3.28. The number of nitrogens with zero attached hydrogens (tertiary/aromatic N) is 8. The minimum Gasteiger partial charge on any atom is -0.387 e. The number of carbonyl (C=O) groups is 1. The molecule has 3 aromatic rings. The standard InChI is InChI=1S/C20H25N9O3/c21-19-22-9-13(10-23-19)16-17-18(26-20(25-16)28-5-7-32-8-6-28)29(12-24-17)14-1-3-27(4-2-14)15(31)11-30/h9-10,12,14,30H,1-8,11H2,(H2,21,22,23). The van der Waals surface area contributed by atoms with Crippen molar-refractivity contribution in [3.63, 3.8) is 0 Å². The number of amides is 1. The van der Waals surface area contributed by atoms with Crippen LogP contribution in [-0.4, -0.2) is 91.4 Å². The molecule has 1 amide bonds. The molecule has 5 rings (SSSR count). The number of nitrogen functional groups attached to an aromatic ring is 1. The van der Waals surface area contributed by atoms with Crippen LogP contribution < -0.4 is 10.6 Å². The van der Waals surface area contributed by atoms with Crippen LogP contribution in [0.4, 0.5) is 11.9 Å². The van der Waals surface area contributed by atoms with E-state index < -0.39 is 6.61 Å². The van der Waals surface area contributed by atoms with Crippen molar-refractivity contribution >= 4 is 29.0 Å². The minimum atomic E-state index is -0.457. The summed E-state index contributed by atoms with van der Waals surface area (Å²) in [5.74, 6) is 0.575. The van der Waals surface area contributed by atoms with Gasteiger partial charge in [-0.2, -0.15) is 4.98 Å². The average molecular weight is 439 g/mol. The van der Waals surface area contributed by atoms with Gasteiger partial charge in [0.15, 0.2) is 5.65 Å². The van der Waals surface area contributed by atoms with Gasteiger partial charge >= 0.3 is 0 Å². The van der Waals surface area contributed by atoms with Crippen molar-refractivity contribution in [2.45, 2.75) is 18.9 Å². The van der Waals surface area contributed by atoms with E-state index in [1.54, 1.807) is 23.6 Å². The van der Waals surface area contributed by atoms with Crippen molar-refractivity contribution in [1.29, 1.82) is 0 Å². The van der Waals surface area contributed by atoms with Crippen LogP contribution in [0, 0.1) is 0 Å². The Labute approximate surface area is 184 Å². The van der Waals surface area contributed by atoms with E-state index in [9.17, 15) is 4.79 Å². The third kappa shape index (κ3) is 3.82. The number of aromatic nitrogens is 6. The summed E-state index contributed by atoms with van der Waals surface area (Å²) in [6.07, 6.45) is 6.59. The SMILES string of the molecule is Nc1ncc(-c2nc(N3CCOCC3)nc3c2ncn3C2CCN(C(=O)CO)CC2)cn1. The number of fused-ring (bicyclic) bond motifs is 1. The molecular formula is C20H25N9O3. The fourth-order valence-electron chi connectivity index (χ4n) is 4.23. The van der Waals surface area contributed by atoms with E-state index in [1.807, 2.05) is 0 Å². The summed E-state index contributed by atoms with van der Waals surface area (Å²) in [6.45, 7) is 3.38. The zero-order valence-electron chi connectivity index (χ0n) is 17.6. The smallest absolute Gasteiger partial charge is 0.248 e. The van der Waals surface area contributed by atoms with E-state index in [1.165, 1.54) is 0 Å². The van der Waals surface area contributed by atoms with Gasteiger partial charge in [-0.05, 0) is 12.8 Å². The van der Waals surface area contributed by atoms with Gasteiger partial charge in [-0.3, -0.25) is 4.79 Å². The van der Waals surface area contributed by atoms with E-state index >= 15 is 0 Å². The summed E-state index contributed by atoms with van der Waals surface area (Å²) in [5.41, 5.74) is 8.45. The Morgan fingerprint density at radius 2 is 1.81 bits per heavy atom. The lowest BCUT2D eigenvalue weighted by atomic mass is 10.0. The molecule has 2 fully saturated rings. The van der Waals surface area contributed by atoms with Crippen LogP contribution in [0.1, 0.15) is 18.9 Å². The number of anilines is 2. The Morgan fingerprint density at radius 3 is 2.50 bits per heavy atom. The number of carbonyl (C=O) groups excluding carboxylic acids is 1. The number of ether oxygens (including phenoxy) is 1. The number of aliphatic hydroxyl groups excluding tert-OH is 1. The normalized spacial score (nSPS) is 17.8. The number of morpholine rings is 1. The maximum atomic E-state index is 11.8. The maximum absolute atomic E-state index is 11.8. The fourth-order valence-corrected chi connectivity index (χ4v) is 4.23. The molecule has 12 heteroatoms. The van der Waals surface area contributed by atoms with Crippen molar-refractivity contribution in [1.82, 2.24) is 34.4 Å². The zero-order chi connectivity index (χ0) is 22.1. The second-order valence-corrected chi connectivity index (χ2v) is 7.90. The number of aliphatic hydroxyl groups is 1. The van der Waals surface area contributed by atoms with Gasteiger partial charge in [0.25, 0.3) is 0 Å². The lowest BCUT2D eigenvalue weighted by molar-refractivity contribution is -0.135. The first-order valence-corrected chi connectivity index (χ1v) is 10.7. The Morgan fingerprint density at radius 1 is 1.09 bits per heavy atom. The van der Waals surface area contributed by atoms with Crippen LogP contribution >= 0.6 is 0 Å². The third-order valence-corrected chi connectivity index (χ3v) is 5.99. The number of rotatable bonds is 4. The second-order valence-electron chi connectivity index (χ2n) is 7.90. The molecule has 0 unspecified atom stereocenters. The van der Waals surface area contributed by atoms with Crippen molar-refractivity contribution in [2.75, 3.05) is 56.6 Å². The van der Waals surface area contributed by atoms with Crippen molar-refractivity contribution in [3.8, 4) is 11.3 Å². The van der Waals surface area contributed by atoms with Gasteiger partial charge in [0, 0.05) is 50.2 Å². The highest BCUT2D eigenvalue weighted by Gasteiger charge is 2.27. The highest BCUT2D eigenvalue weighted by atomic mass is 16.5. The van der Waals surface area contributed by atoms with Gasteiger partial charge in [-0.25, -0.2) is 19.9 Å². The lowest BCUT2D eigenvalue weighted by Gasteiger charge is -2.32. The van der Waals surface area contributed by atoms with Gasteiger partial charge in [0.2, 0.25) is 17.8 Å². The lowest BCUT2D eigenvalue weighted by Crippen LogP contribution is -2.40. The summed E-state index contributed by atoms with van der Waals surface area (Å²) in [5, 5.41) is 9.13. The maximum Gasteiger partial charge on any atom is 0.248 e. The van der Waals surface area contributed by atoms with Crippen LogP contribution in [0.5, 0.6) is 0 Å². The highest BCUT2D eigenvalue weighted by molar-refractivity contribution is 5.88. The molecule has 5 heterocycles. The largest absolute Gasteiger partial charge is 0.387 e. The molecule has 12 nitrogen and oxygen atoms in total. The Hall–Kier alpha value is -3.38. The number of hydrogen-bond acceptors (Lipinski definition) is 10. The van der Waals surface area contributed by atoms with E-state index in [-0.39, 0.29) is 17.9 Å². The van der Waals surface area contributed by atoms with E-state index in [0.29, 0.717) is 56.6 Å². The molecular weight excluding hydrogens is 414 g/mol. The van der Waals surface area contributed by atoms with Crippen molar-refractivity contribution in [3.05, 3.63) is 18.7 Å². The van der Waals surface area contributed by atoms with Crippen LogP contribution in [0.2, 0.25) is 0 Å². The number of imidazole rings is 1. The molecule has 0 aliphatic carbocycles. The quantitative estimate of drug-likeness (QED) is 0.562. The van der Waals surface area contributed by atoms with Crippen LogP contribution in [0.15, 0.2) is 18.7 Å². The Balaban J connectivity index is 1.54. The van der Waals surface area contributed by atoms with E-state index in [2.05, 4.69) is 24.4 Å². The first-order chi connectivity index (χ1) is 15.6. The summed E-state index contributed by atoms with van der Waals surface area (Å²) >= 11 is 0. The Bertz CT molecular complexity index is 1100. The van der Waals surface area contributed by atoms with Crippen LogP contribution in [0.3, 0.4) is 0 Å². The topological polar surface area (TPSA) is 148 Å². The molecule has 3 aromatic heterocycles. The molecule has 2 aliphatic heterocycles. The van der Waals surface area contributed by atoms with Gasteiger partial charge in [0.1, 0.15) is 17.8 Å². The first-order valence-electron chi connectivity index (χ1n) is 10.7. The summed E-state index contributed by atoms with van der Waals surface area (Å²) in [4.78, 5) is 38.2. The van der Waals surface area contributed by atoms with Gasteiger partial charge < -0.3 is 29.9 Å². The van der Waals surface area contributed by atoms with Crippen molar-refractivity contribution in [2.24, 2.45) is 0 Å². The molecule has 3 N–H and O–H groups in total. The summed E-state index contributed by atoms with van der Waals surface area (Å²) < 4.78 is 7.55. The predicted molar refractivity (Wildman–Crippen MR) is 116 cm³/mol. The fraction of sp³-hybridized carbons (Fsp3) is 0.500. The third-order valence-electron chi connectivity index (χ3n) is 5.99. The Kier molecular flexibility index (Phi) is 5.53. The number of piperidine rings is 1. The molecule has 0 saturated carbocycles. The highest BCUT2D eigenvalue weighted by Crippen LogP contribution is 2.31. The molecule has 32 heavy (non-hydrogen) atoms. The summed E-state index contributed by atoms with van der Waals surface area (Å²) in [6, 6.07) is 0.144.